The Bertz CT molecular complexity index is 464. The molecule has 0 unspecified atom stereocenters. The molecule has 0 heterocycles. The molecule has 17 heavy (non-hydrogen) atoms. The summed E-state index contributed by atoms with van der Waals surface area (Å²) in [6.07, 6.45) is 1.78. The predicted octanol–water partition coefficient (Wildman–Crippen LogP) is 2.51. The van der Waals surface area contributed by atoms with Gasteiger partial charge in [0.15, 0.2) is 0 Å². The molecule has 0 aromatic heterocycles. The molecular weight excluding hydrogens is 223 g/mol. The molecule has 0 spiro atoms. The Morgan fingerprint density at radius 1 is 1.53 bits per heavy atom. The number of rotatable bonds is 4. The van der Waals surface area contributed by atoms with E-state index >= 15 is 0 Å². The molecule has 4 heteroatoms. The molecule has 1 fully saturated rings. The Kier molecular flexibility index (Phi) is 2.81. The molecule has 92 valence electrons. The average molecular weight is 238 g/mol. The van der Waals surface area contributed by atoms with Gasteiger partial charge in [0.1, 0.15) is 11.6 Å². The average Bonchev–Trinajstić information content (AvgIpc) is 3.08. The summed E-state index contributed by atoms with van der Waals surface area (Å²) < 4.78 is 18.6. The van der Waals surface area contributed by atoms with Crippen LogP contribution in [0.25, 0.3) is 0 Å². The summed E-state index contributed by atoms with van der Waals surface area (Å²) in [6, 6.07) is 2.64. The molecule has 1 saturated carbocycles. The minimum atomic E-state index is -0.888. The summed E-state index contributed by atoms with van der Waals surface area (Å²) in [4.78, 5) is 11.3. The van der Waals surface area contributed by atoms with Gasteiger partial charge in [-0.25, -0.2) is 4.39 Å². The normalized spacial score (nSPS) is 16.6. The molecule has 0 bridgehead atoms. The Hall–Kier alpha value is -1.58. The minimum absolute atomic E-state index is 0.440. The maximum Gasteiger partial charge on any atom is 0.314 e. The van der Waals surface area contributed by atoms with E-state index in [0.29, 0.717) is 30.6 Å². The third-order valence-corrected chi connectivity index (χ3v) is 3.42. The van der Waals surface area contributed by atoms with Crippen molar-refractivity contribution < 1.29 is 19.0 Å². The highest BCUT2D eigenvalue weighted by molar-refractivity contribution is 5.85. The van der Waals surface area contributed by atoms with Crippen LogP contribution in [-0.2, 0) is 16.6 Å². The molecule has 0 amide bonds. The van der Waals surface area contributed by atoms with Crippen LogP contribution in [0.3, 0.4) is 0 Å². The summed E-state index contributed by atoms with van der Waals surface area (Å²) in [6.45, 7) is 1.91. The number of ether oxygens (including phenoxy) is 1. The third-order valence-electron chi connectivity index (χ3n) is 3.42. The van der Waals surface area contributed by atoms with Gasteiger partial charge in [-0.15, -0.1) is 0 Å². The minimum Gasteiger partial charge on any atom is -0.496 e. The summed E-state index contributed by atoms with van der Waals surface area (Å²) in [5, 5.41) is 9.27. The predicted molar refractivity (Wildman–Crippen MR) is 60.9 cm³/mol. The second-order valence-corrected chi connectivity index (χ2v) is 4.37. The molecule has 0 atom stereocenters. The fourth-order valence-corrected chi connectivity index (χ4v) is 2.31. The lowest BCUT2D eigenvalue weighted by atomic mass is 9.89. The number of benzene rings is 1. The zero-order chi connectivity index (χ0) is 12.6. The van der Waals surface area contributed by atoms with Crippen molar-refractivity contribution in [2.24, 2.45) is 0 Å². The van der Waals surface area contributed by atoms with Crippen molar-refractivity contribution in [2.75, 3.05) is 7.11 Å². The number of methoxy groups -OCH3 is 1. The van der Waals surface area contributed by atoms with E-state index in [9.17, 15) is 14.3 Å². The van der Waals surface area contributed by atoms with Gasteiger partial charge in [-0.3, -0.25) is 4.79 Å². The smallest absolute Gasteiger partial charge is 0.314 e. The van der Waals surface area contributed by atoms with Gasteiger partial charge in [0.2, 0.25) is 0 Å². The molecule has 0 aliphatic heterocycles. The number of carboxylic acids is 1. The van der Waals surface area contributed by atoms with Gasteiger partial charge in [-0.2, -0.15) is 0 Å². The van der Waals surface area contributed by atoms with E-state index in [1.165, 1.54) is 19.2 Å². The van der Waals surface area contributed by atoms with Crippen molar-refractivity contribution in [3.8, 4) is 5.75 Å². The number of carboxylic acid groups (broad SMARTS) is 1. The van der Waals surface area contributed by atoms with E-state index < -0.39 is 17.2 Å². The van der Waals surface area contributed by atoms with Crippen LogP contribution < -0.4 is 4.74 Å². The highest BCUT2D eigenvalue weighted by Crippen LogP contribution is 2.51. The van der Waals surface area contributed by atoms with Crippen molar-refractivity contribution >= 4 is 5.97 Å². The SMILES string of the molecule is CCc1c(OC)cc(F)cc1C1(C(=O)O)CC1. The zero-order valence-electron chi connectivity index (χ0n) is 9.92. The molecule has 0 saturated heterocycles. The van der Waals surface area contributed by atoms with Gasteiger partial charge in [0.05, 0.1) is 12.5 Å². The van der Waals surface area contributed by atoms with E-state index in [1.54, 1.807) is 0 Å². The van der Waals surface area contributed by atoms with E-state index in [1.807, 2.05) is 6.92 Å². The first kappa shape index (κ1) is 11.9. The quantitative estimate of drug-likeness (QED) is 0.876. The van der Waals surface area contributed by atoms with E-state index in [4.69, 9.17) is 4.74 Å². The standard InChI is InChI=1S/C13H15FO3/c1-3-9-10(13(4-5-13)12(15)16)6-8(14)7-11(9)17-2/h6-7H,3-5H2,1-2H3,(H,15,16). The number of hydrogen-bond acceptors (Lipinski definition) is 2. The van der Waals surface area contributed by atoms with Gasteiger partial charge in [0, 0.05) is 6.07 Å². The summed E-state index contributed by atoms with van der Waals surface area (Å²) >= 11 is 0. The summed E-state index contributed by atoms with van der Waals surface area (Å²) in [5.74, 6) is -0.878. The van der Waals surface area contributed by atoms with Gasteiger partial charge in [0.25, 0.3) is 0 Å². The van der Waals surface area contributed by atoms with Crippen LogP contribution in [0.4, 0.5) is 4.39 Å². The second kappa shape index (κ2) is 4.02. The second-order valence-electron chi connectivity index (χ2n) is 4.37. The first-order chi connectivity index (χ1) is 8.05. The summed E-state index contributed by atoms with van der Waals surface area (Å²) in [7, 11) is 1.47. The number of hydrogen-bond donors (Lipinski definition) is 1. The molecule has 1 aromatic carbocycles. The van der Waals surface area contributed by atoms with Crippen molar-refractivity contribution in [3.63, 3.8) is 0 Å². The van der Waals surface area contributed by atoms with E-state index in [2.05, 4.69) is 0 Å². The van der Waals surface area contributed by atoms with Crippen molar-refractivity contribution in [3.05, 3.63) is 29.1 Å². The first-order valence-corrected chi connectivity index (χ1v) is 5.65. The third kappa shape index (κ3) is 1.77. The molecule has 1 N–H and O–H groups in total. The van der Waals surface area contributed by atoms with Crippen LogP contribution in [0.5, 0.6) is 5.75 Å². The van der Waals surface area contributed by atoms with Gasteiger partial charge in [-0.1, -0.05) is 6.92 Å². The molecular formula is C13H15FO3. The monoisotopic (exact) mass is 238 g/mol. The fraction of sp³-hybridized carbons (Fsp3) is 0.462. The maximum absolute atomic E-state index is 13.5. The molecule has 1 aromatic rings. The highest BCUT2D eigenvalue weighted by Gasteiger charge is 2.53. The molecule has 1 aliphatic carbocycles. The Balaban J connectivity index is 2.60. The Labute approximate surface area is 99.2 Å². The van der Waals surface area contributed by atoms with Crippen LogP contribution in [0, 0.1) is 5.82 Å². The highest BCUT2D eigenvalue weighted by atomic mass is 19.1. The van der Waals surface area contributed by atoms with Crippen molar-refractivity contribution in [2.45, 2.75) is 31.6 Å². The fourth-order valence-electron chi connectivity index (χ4n) is 2.31. The van der Waals surface area contributed by atoms with Crippen LogP contribution in [0.15, 0.2) is 12.1 Å². The Morgan fingerprint density at radius 2 is 2.18 bits per heavy atom. The first-order valence-electron chi connectivity index (χ1n) is 5.65. The molecule has 2 rings (SSSR count). The maximum atomic E-state index is 13.5. The lowest BCUT2D eigenvalue weighted by Gasteiger charge is -2.17. The molecule has 0 radical (unpaired) electrons. The van der Waals surface area contributed by atoms with E-state index in [0.717, 1.165) is 5.56 Å². The Morgan fingerprint density at radius 3 is 2.59 bits per heavy atom. The largest absolute Gasteiger partial charge is 0.496 e. The van der Waals surface area contributed by atoms with Crippen LogP contribution in [0.1, 0.15) is 30.9 Å². The van der Waals surface area contributed by atoms with Gasteiger partial charge >= 0.3 is 5.97 Å². The lowest BCUT2D eigenvalue weighted by Crippen LogP contribution is -2.21. The van der Waals surface area contributed by atoms with Crippen molar-refractivity contribution in [1.29, 1.82) is 0 Å². The lowest BCUT2D eigenvalue weighted by molar-refractivity contribution is -0.140. The van der Waals surface area contributed by atoms with Gasteiger partial charge in [-0.05, 0) is 36.5 Å². The zero-order valence-corrected chi connectivity index (χ0v) is 9.92. The van der Waals surface area contributed by atoms with E-state index in [-0.39, 0.29) is 0 Å². The number of aliphatic carboxylic acids is 1. The van der Waals surface area contributed by atoms with Crippen molar-refractivity contribution in [1.82, 2.24) is 0 Å². The summed E-state index contributed by atoms with van der Waals surface area (Å²) in [5.41, 5.74) is 0.485. The molecule has 3 nitrogen and oxygen atoms in total. The number of halogens is 1. The van der Waals surface area contributed by atoms with Crippen LogP contribution in [-0.4, -0.2) is 18.2 Å². The molecule has 1 aliphatic rings. The number of carbonyl (C=O) groups is 1. The van der Waals surface area contributed by atoms with Gasteiger partial charge < -0.3 is 9.84 Å². The van der Waals surface area contributed by atoms with Crippen LogP contribution >= 0.6 is 0 Å². The topological polar surface area (TPSA) is 46.5 Å². The van der Waals surface area contributed by atoms with Crippen LogP contribution in [0.2, 0.25) is 0 Å².